The summed E-state index contributed by atoms with van der Waals surface area (Å²) in [5.74, 6) is 0.117. The molecule has 116 valence electrons. The molecule has 0 saturated heterocycles. The smallest absolute Gasteiger partial charge is 0.271 e. The van der Waals surface area contributed by atoms with Crippen LogP contribution in [0.3, 0.4) is 0 Å². The number of benzene rings is 2. The van der Waals surface area contributed by atoms with Gasteiger partial charge in [-0.05, 0) is 24.1 Å². The first-order valence-electron chi connectivity index (χ1n) is 7.83. The van der Waals surface area contributed by atoms with Gasteiger partial charge in [0.2, 0.25) is 0 Å². The molecule has 2 aromatic carbocycles. The second-order valence-electron chi connectivity index (χ2n) is 5.47. The molecule has 3 rings (SSSR count). The molecule has 0 unspecified atom stereocenters. The SMILES string of the molecule is CC[C@@H](CNC(=O)c1cnc2ccccc2n1)c1ccccc1. The zero-order valence-corrected chi connectivity index (χ0v) is 13.1. The number of rotatable bonds is 5. The van der Waals surface area contributed by atoms with Crippen LogP contribution in [0.15, 0.2) is 60.8 Å². The number of amides is 1. The molecule has 1 amide bonds. The first kappa shape index (κ1) is 15.2. The van der Waals surface area contributed by atoms with Gasteiger partial charge in [0.25, 0.3) is 5.91 Å². The van der Waals surface area contributed by atoms with E-state index in [1.54, 1.807) is 0 Å². The lowest BCUT2D eigenvalue weighted by molar-refractivity contribution is 0.0946. The second-order valence-corrected chi connectivity index (χ2v) is 5.47. The zero-order valence-electron chi connectivity index (χ0n) is 13.1. The summed E-state index contributed by atoms with van der Waals surface area (Å²) in [6, 6.07) is 17.8. The maximum absolute atomic E-state index is 12.3. The van der Waals surface area contributed by atoms with Crippen molar-refractivity contribution in [3.8, 4) is 0 Å². The Labute approximate surface area is 135 Å². The van der Waals surface area contributed by atoms with E-state index in [1.165, 1.54) is 11.8 Å². The summed E-state index contributed by atoms with van der Waals surface area (Å²) in [6.07, 6.45) is 2.49. The topological polar surface area (TPSA) is 54.9 Å². The monoisotopic (exact) mass is 305 g/mol. The Morgan fingerprint density at radius 2 is 1.74 bits per heavy atom. The normalized spacial score (nSPS) is 12.0. The molecule has 0 bridgehead atoms. The van der Waals surface area contributed by atoms with E-state index < -0.39 is 0 Å². The van der Waals surface area contributed by atoms with Gasteiger partial charge in [-0.15, -0.1) is 0 Å². The number of carbonyl (C=O) groups excluding carboxylic acids is 1. The van der Waals surface area contributed by atoms with Crippen LogP contribution in [0.4, 0.5) is 0 Å². The third-order valence-electron chi connectivity index (χ3n) is 3.95. The molecule has 1 atom stereocenters. The summed E-state index contributed by atoms with van der Waals surface area (Å²) in [5, 5.41) is 2.97. The predicted octanol–water partition coefficient (Wildman–Crippen LogP) is 3.55. The van der Waals surface area contributed by atoms with Gasteiger partial charge in [-0.2, -0.15) is 0 Å². The van der Waals surface area contributed by atoms with Crippen molar-refractivity contribution in [1.29, 1.82) is 0 Å². The van der Waals surface area contributed by atoms with Gasteiger partial charge < -0.3 is 5.32 Å². The van der Waals surface area contributed by atoms with E-state index >= 15 is 0 Å². The Hall–Kier alpha value is -2.75. The summed E-state index contributed by atoms with van der Waals surface area (Å²) in [4.78, 5) is 21.0. The molecule has 0 aliphatic carbocycles. The fraction of sp³-hybridized carbons (Fsp3) is 0.211. The number of hydrogen-bond acceptors (Lipinski definition) is 3. The van der Waals surface area contributed by atoms with Gasteiger partial charge >= 0.3 is 0 Å². The van der Waals surface area contributed by atoms with Crippen molar-refractivity contribution in [1.82, 2.24) is 15.3 Å². The van der Waals surface area contributed by atoms with Crippen LogP contribution in [0.5, 0.6) is 0 Å². The number of para-hydroxylation sites is 2. The van der Waals surface area contributed by atoms with Crippen LogP contribution >= 0.6 is 0 Å². The quantitative estimate of drug-likeness (QED) is 0.784. The van der Waals surface area contributed by atoms with E-state index in [1.807, 2.05) is 42.5 Å². The van der Waals surface area contributed by atoms with Crippen molar-refractivity contribution < 1.29 is 4.79 Å². The molecule has 3 aromatic rings. The summed E-state index contributed by atoms with van der Waals surface area (Å²) < 4.78 is 0. The first-order chi connectivity index (χ1) is 11.3. The molecule has 1 N–H and O–H groups in total. The molecule has 0 fully saturated rings. The standard InChI is InChI=1S/C19H19N3O/c1-2-14(15-8-4-3-5-9-15)12-21-19(23)18-13-20-16-10-6-7-11-17(16)22-18/h3-11,13-14H,2,12H2,1H3,(H,21,23)/t14-/m0/s1. The summed E-state index contributed by atoms with van der Waals surface area (Å²) >= 11 is 0. The van der Waals surface area contributed by atoms with E-state index in [-0.39, 0.29) is 5.91 Å². The van der Waals surface area contributed by atoms with E-state index in [0.29, 0.717) is 18.2 Å². The second kappa shape index (κ2) is 7.01. The predicted molar refractivity (Wildman–Crippen MR) is 91.3 cm³/mol. The number of hydrogen-bond donors (Lipinski definition) is 1. The Balaban J connectivity index is 1.70. The van der Waals surface area contributed by atoms with Gasteiger partial charge in [0.15, 0.2) is 0 Å². The molecule has 0 saturated carbocycles. The van der Waals surface area contributed by atoms with Crippen molar-refractivity contribution in [3.63, 3.8) is 0 Å². The number of nitrogens with one attached hydrogen (secondary N) is 1. The molecule has 1 aromatic heterocycles. The Morgan fingerprint density at radius 1 is 1.04 bits per heavy atom. The minimum absolute atomic E-state index is 0.183. The Kier molecular flexibility index (Phi) is 4.62. The highest BCUT2D eigenvalue weighted by atomic mass is 16.1. The van der Waals surface area contributed by atoms with Crippen molar-refractivity contribution in [2.45, 2.75) is 19.3 Å². The van der Waals surface area contributed by atoms with Crippen LogP contribution in [0.1, 0.15) is 35.3 Å². The maximum atomic E-state index is 12.3. The van der Waals surface area contributed by atoms with Gasteiger partial charge in [0, 0.05) is 12.5 Å². The molecule has 0 aliphatic heterocycles. The maximum Gasteiger partial charge on any atom is 0.271 e. The Bertz CT molecular complexity index is 802. The van der Waals surface area contributed by atoms with Gasteiger partial charge in [-0.1, -0.05) is 49.4 Å². The molecule has 4 heteroatoms. The molecule has 4 nitrogen and oxygen atoms in total. The molecular formula is C19H19N3O. The van der Waals surface area contributed by atoms with Crippen LogP contribution in [0, 0.1) is 0 Å². The highest BCUT2D eigenvalue weighted by molar-refractivity contribution is 5.93. The molecule has 0 spiro atoms. The largest absolute Gasteiger partial charge is 0.350 e. The van der Waals surface area contributed by atoms with Crippen molar-refractivity contribution in [3.05, 3.63) is 72.1 Å². The Morgan fingerprint density at radius 3 is 2.48 bits per heavy atom. The lowest BCUT2D eigenvalue weighted by Crippen LogP contribution is -2.29. The average molecular weight is 305 g/mol. The van der Waals surface area contributed by atoms with Crippen molar-refractivity contribution >= 4 is 16.9 Å². The number of nitrogens with zero attached hydrogens (tertiary/aromatic N) is 2. The van der Waals surface area contributed by atoms with Gasteiger partial charge in [0.1, 0.15) is 5.69 Å². The zero-order chi connectivity index (χ0) is 16.1. The molecular weight excluding hydrogens is 286 g/mol. The number of fused-ring (bicyclic) bond motifs is 1. The minimum atomic E-state index is -0.183. The average Bonchev–Trinajstić information content (AvgIpc) is 2.62. The lowest BCUT2D eigenvalue weighted by atomic mass is 9.96. The van der Waals surface area contributed by atoms with Gasteiger partial charge in [-0.25, -0.2) is 4.98 Å². The van der Waals surface area contributed by atoms with E-state index in [9.17, 15) is 4.79 Å². The van der Waals surface area contributed by atoms with Gasteiger partial charge in [0.05, 0.1) is 17.2 Å². The highest BCUT2D eigenvalue weighted by Crippen LogP contribution is 2.18. The summed E-state index contributed by atoms with van der Waals surface area (Å²) in [7, 11) is 0. The number of carbonyl (C=O) groups is 1. The van der Waals surface area contributed by atoms with Crippen LogP contribution in [-0.4, -0.2) is 22.4 Å². The van der Waals surface area contributed by atoms with Crippen LogP contribution < -0.4 is 5.32 Å². The summed E-state index contributed by atoms with van der Waals surface area (Å²) in [6.45, 7) is 2.72. The van der Waals surface area contributed by atoms with Crippen LogP contribution in [0.2, 0.25) is 0 Å². The first-order valence-corrected chi connectivity index (χ1v) is 7.83. The summed E-state index contributed by atoms with van der Waals surface area (Å²) in [5.41, 5.74) is 3.11. The molecule has 0 radical (unpaired) electrons. The highest BCUT2D eigenvalue weighted by Gasteiger charge is 2.13. The van der Waals surface area contributed by atoms with Crippen molar-refractivity contribution in [2.24, 2.45) is 0 Å². The molecule has 1 heterocycles. The van der Waals surface area contributed by atoms with Gasteiger partial charge in [-0.3, -0.25) is 9.78 Å². The number of aromatic nitrogens is 2. The molecule has 0 aliphatic rings. The fourth-order valence-corrected chi connectivity index (χ4v) is 2.60. The van der Waals surface area contributed by atoms with Crippen LogP contribution in [0.25, 0.3) is 11.0 Å². The third-order valence-corrected chi connectivity index (χ3v) is 3.95. The third kappa shape index (κ3) is 3.54. The fourth-order valence-electron chi connectivity index (χ4n) is 2.60. The van der Waals surface area contributed by atoms with Crippen LogP contribution in [-0.2, 0) is 0 Å². The minimum Gasteiger partial charge on any atom is -0.350 e. The van der Waals surface area contributed by atoms with Crippen molar-refractivity contribution in [2.75, 3.05) is 6.54 Å². The van der Waals surface area contributed by atoms with E-state index in [2.05, 4.69) is 34.3 Å². The van der Waals surface area contributed by atoms with E-state index in [4.69, 9.17) is 0 Å². The molecule has 23 heavy (non-hydrogen) atoms. The lowest BCUT2D eigenvalue weighted by Gasteiger charge is -2.16. The van der Waals surface area contributed by atoms with E-state index in [0.717, 1.165) is 17.5 Å².